The number of phenols is 1. The molecule has 0 aliphatic carbocycles. The Morgan fingerprint density at radius 3 is 2.35 bits per heavy atom. The molecule has 0 aliphatic rings. The number of halogens is 2. The molecule has 1 unspecified atom stereocenters. The summed E-state index contributed by atoms with van der Waals surface area (Å²) in [5.74, 6) is -3.59. The van der Waals surface area contributed by atoms with Gasteiger partial charge in [-0.05, 0) is 6.92 Å². The van der Waals surface area contributed by atoms with E-state index in [1.807, 2.05) is 0 Å². The molecule has 17 heavy (non-hydrogen) atoms. The summed E-state index contributed by atoms with van der Waals surface area (Å²) in [5.41, 5.74) is -0.580. The summed E-state index contributed by atoms with van der Waals surface area (Å²) in [6.45, 7) is 1.63. The molecule has 1 rings (SSSR count). The fraction of sp³-hybridized carbons (Fsp3) is 0.364. The number of methoxy groups -OCH3 is 1. The molecule has 0 aliphatic heterocycles. The van der Waals surface area contributed by atoms with Gasteiger partial charge in [0.25, 0.3) is 0 Å². The lowest BCUT2D eigenvalue weighted by atomic mass is 10.1. The Hall–Kier alpha value is -1.69. The molecule has 0 spiro atoms. The number of carbonyl (C=O) groups is 1. The summed E-state index contributed by atoms with van der Waals surface area (Å²) in [7, 11) is 1.13. The average molecular weight is 246 g/mol. The third-order valence-electron chi connectivity index (χ3n) is 2.06. The lowest BCUT2D eigenvalue weighted by Crippen LogP contribution is -2.20. The van der Waals surface area contributed by atoms with Crippen molar-refractivity contribution in [3.63, 3.8) is 0 Å². The van der Waals surface area contributed by atoms with Gasteiger partial charge in [0, 0.05) is 19.2 Å². The highest BCUT2D eigenvalue weighted by molar-refractivity contribution is 5.76. The molecule has 1 atom stereocenters. The van der Waals surface area contributed by atoms with E-state index in [4.69, 9.17) is 9.84 Å². The van der Waals surface area contributed by atoms with Gasteiger partial charge in [-0.15, -0.1) is 0 Å². The molecule has 0 heterocycles. The largest absolute Gasteiger partial charge is 0.508 e. The predicted molar refractivity (Wildman–Crippen MR) is 54.4 cm³/mol. The van der Waals surface area contributed by atoms with Crippen LogP contribution in [-0.2, 0) is 14.3 Å². The first-order chi connectivity index (χ1) is 8.01. The van der Waals surface area contributed by atoms with Gasteiger partial charge in [-0.1, -0.05) is 0 Å². The number of phenolic OH excluding ortho intramolecular Hbond substituents is 1. The second kappa shape index (κ2) is 5.58. The highest BCUT2D eigenvalue weighted by atomic mass is 19.1. The Morgan fingerprint density at radius 1 is 1.41 bits per heavy atom. The molecule has 94 valence electrons. The number of hydrogen-bond acceptors (Lipinski definition) is 4. The normalized spacial score (nSPS) is 12.2. The van der Waals surface area contributed by atoms with Crippen LogP contribution in [0, 0.1) is 11.6 Å². The van der Waals surface area contributed by atoms with Gasteiger partial charge in [0.1, 0.15) is 17.4 Å². The van der Waals surface area contributed by atoms with Crippen LogP contribution in [0.25, 0.3) is 0 Å². The van der Waals surface area contributed by atoms with Crippen molar-refractivity contribution in [2.45, 2.75) is 13.0 Å². The van der Waals surface area contributed by atoms with Gasteiger partial charge >= 0.3 is 5.97 Å². The van der Waals surface area contributed by atoms with E-state index < -0.39 is 35.0 Å². The van der Waals surface area contributed by atoms with Crippen molar-refractivity contribution in [1.29, 1.82) is 0 Å². The number of esters is 1. The number of hydrogen-bond donors (Lipinski definition) is 1. The van der Waals surface area contributed by atoms with Gasteiger partial charge in [-0.2, -0.15) is 0 Å². The van der Waals surface area contributed by atoms with Crippen molar-refractivity contribution in [2.24, 2.45) is 0 Å². The van der Waals surface area contributed by atoms with Crippen molar-refractivity contribution in [2.75, 3.05) is 13.7 Å². The monoisotopic (exact) mass is 246 g/mol. The fourth-order valence-corrected chi connectivity index (χ4v) is 1.37. The van der Waals surface area contributed by atoms with Crippen LogP contribution in [-0.4, -0.2) is 24.8 Å². The first-order valence-electron chi connectivity index (χ1n) is 4.88. The molecule has 0 amide bonds. The number of aromatic hydroxyl groups is 1. The smallest absolute Gasteiger partial charge is 0.340 e. The summed E-state index contributed by atoms with van der Waals surface area (Å²) in [5, 5.41) is 8.98. The predicted octanol–water partition coefficient (Wildman–Crippen LogP) is 1.92. The molecule has 0 aromatic heterocycles. The maximum Gasteiger partial charge on any atom is 0.340 e. The van der Waals surface area contributed by atoms with Gasteiger partial charge in [-0.3, -0.25) is 0 Å². The summed E-state index contributed by atoms with van der Waals surface area (Å²) >= 11 is 0. The van der Waals surface area contributed by atoms with E-state index in [2.05, 4.69) is 4.74 Å². The van der Waals surface area contributed by atoms with Crippen LogP contribution in [0.1, 0.15) is 18.6 Å². The molecule has 0 saturated heterocycles. The number of rotatable bonds is 4. The van der Waals surface area contributed by atoms with Crippen molar-refractivity contribution in [1.82, 2.24) is 0 Å². The second-order valence-corrected chi connectivity index (χ2v) is 3.19. The van der Waals surface area contributed by atoms with Gasteiger partial charge in [-0.25, -0.2) is 13.6 Å². The zero-order chi connectivity index (χ0) is 13.0. The van der Waals surface area contributed by atoms with E-state index in [1.54, 1.807) is 6.92 Å². The topological polar surface area (TPSA) is 55.8 Å². The number of benzene rings is 1. The van der Waals surface area contributed by atoms with E-state index >= 15 is 0 Å². The molecule has 0 saturated carbocycles. The Balaban J connectivity index is 3.16. The minimum atomic E-state index is -1.49. The standard InChI is InChI=1S/C11H12F2O4/c1-3-17-11(15)10(16-2)9-7(12)4-6(14)5-8(9)13/h4-5,10,14H,3H2,1-2H3. The molecular formula is C11H12F2O4. The van der Waals surface area contributed by atoms with E-state index in [0.717, 1.165) is 7.11 Å². The minimum Gasteiger partial charge on any atom is -0.508 e. The Labute approximate surface area is 96.8 Å². The average Bonchev–Trinajstić information content (AvgIpc) is 2.23. The molecule has 0 radical (unpaired) electrons. The van der Waals surface area contributed by atoms with Crippen molar-refractivity contribution >= 4 is 5.97 Å². The van der Waals surface area contributed by atoms with Crippen LogP contribution < -0.4 is 0 Å². The third-order valence-corrected chi connectivity index (χ3v) is 2.06. The Kier molecular flexibility index (Phi) is 4.39. The highest BCUT2D eigenvalue weighted by Crippen LogP contribution is 2.27. The highest BCUT2D eigenvalue weighted by Gasteiger charge is 2.28. The lowest BCUT2D eigenvalue weighted by molar-refractivity contribution is -0.155. The molecule has 1 aromatic rings. The van der Waals surface area contributed by atoms with Crippen molar-refractivity contribution in [3.05, 3.63) is 29.3 Å². The molecule has 4 nitrogen and oxygen atoms in total. The molecule has 1 N–H and O–H groups in total. The zero-order valence-electron chi connectivity index (χ0n) is 9.37. The van der Waals surface area contributed by atoms with Gasteiger partial charge in [0.05, 0.1) is 12.2 Å². The number of ether oxygens (including phenoxy) is 2. The first kappa shape index (κ1) is 13.4. The third kappa shape index (κ3) is 2.91. The van der Waals surface area contributed by atoms with Crippen molar-refractivity contribution in [3.8, 4) is 5.75 Å². The fourth-order valence-electron chi connectivity index (χ4n) is 1.37. The summed E-state index contributed by atoms with van der Waals surface area (Å²) in [4.78, 5) is 11.4. The van der Waals surface area contributed by atoms with Crippen LogP contribution in [0.4, 0.5) is 8.78 Å². The van der Waals surface area contributed by atoms with Crippen LogP contribution in [0.15, 0.2) is 12.1 Å². The van der Waals surface area contributed by atoms with Crippen LogP contribution in [0.5, 0.6) is 5.75 Å². The van der Waals surface area contributed by atoms with Gasteiger partial charge < -0.3 is 14.6 Å². The van der Waals surface area contributed by atoms with Gasteiger partial charge in [0.2, 0.25) is 0 Å². The summed E-state index contributed by atoms with van der Waals surface area (Å²) in [6.07, 6.45) is -1.49. The SMILES string of the molecule is CCOC(=O)C(OC)c1c(F)cc(O)cc1F. The Morgan fingerprint density at radius 2 is 1.94 bits per heavy atom. The van der Waals surface area contributed by atoms with E-state index in [9.17, 15) is 13.6 Å². The van der Waals surface area contributed by atoms with Crippen LogP contribution in [0.3, 0.4) is 0 Å². The van der Waals surface area contributed by atoms with E-state index in [0.29, 0.717) is 12.1 Å². The molecule has 0 bridgehead atoms. The van der Waals surface area contributed by atoms with Crippen molar-refractivity contribution < 1.29 is 28.2 Å². The Bertz CT molecular complexity index is 397. The maximum absolute atomic E-state index is 13.5. The minimum absolute atomic E-state index is 0.0695. The number of carbonyl (C=O) groups excluding carboxylic acids is 1. The van der Waals surface area contributed by atoms with E-state index in [1.165, 1.54) is 0 Å². The lowest BCUT2D eigenvalue weighted by Gasteiger charge is -2.15. The zero-order valence-corrected chi connectivity index (χ0v) is 9.37. The molecule has 6 heteroatoms. The summed E-state index contributed by atoms with van der Waals surface area (Å²) in [6, 6.07) is 1.40. The molecule has 1 aromatic carbocycles. The van der Waals surface area contributed by atoms with Crippen LogP contribution >= 0.6 is 0 Å². The van der Waals surface area contributed by atoms with E-state index in [-0.39, 0.29) is 6.61 Å². The first-order valence-corrected chi connectivity index (χ1v) is 4.88. The molecule has 0 fully saturated rings. The quantitative estimate of drug-likeness (QED) is 0.824. The molecular weight excluding hydrogens is 234 g/mol. The second-order valence-electron chi connectivity index (χ2n) is 3.19. The van der Waals surface area contributed by atoms with Crippen LogP contribution in [0.2, 0.25) is 0 Å². The van der Waals surface area contributed by atoms with Gasteiger partial charge in [0.15, 0.2) is 6.10 Å². The summed E-state index contributed by atoms with van der Waals surface area (Å²) < 4.78 is 36.3. The maximum atomic E-state index is 13.5.